The van der Waals surface area contributed by atoms with Crippen LogP contribution >= 0.6 is 11.3 Å². The molecule has 0 N–H and O–H groups in total. The van der Waals surface area contributed by atoms with Gasteiger partial charge in [0.05, 0.1) is 23.3 Å². The maximum Gasteiger partial charge on any atom is 0.236 e. The van der Waals surface area contributed by atoms with Crippen LogP contribution < -0.4 is 0 Å². The number of para-hydroxylation sites is 1. The van der Waals surface area contributed by atoms with Gasteiger partial charge in [-0.25, -0.2) is 4.98 Å². The van der Waals surface area contributed by atoms with Crippen molar-refractivity contribution in [3.8, 4) is 0 Å². The molecule has 0 bridgehead atoms. The largest absolute Gasteiger partial charge is 0.338 e. The highest BCUT2D eigenvalue weighted by Crippen LogP contribution is 2.22. The fourth-order valence-electron chi connectivity index (χ4n) is 2.58. The highest BCUT2D eigenvalue weighted by Gasteiger charge is 2.14. The lowest BCUT2D eigenvalue weighted by atomic mass is 10.2. The molecule has 0 unspecified atom stereocenters. The number of fused-ring (bicyclic) bond motifs is 1. The summed E-state index contributed by atoms with van der Waals surface area (Å²) >= 11 is 1.65. The molecule has 1 amide bonds. The molecule has 4 nitrogen and oxygen atoms in total. The molecule has 0 fully saturated rings. The van der Waals surface area contributed by atoms with Crippen LogP contribution in [0.5, 0.6) is 0 Å². The molecule has 124 valence electrons. The van der Waals surface area contributed by atoms with Gasteiger partial charge >= 0.3 is 0 Å². The zero-order valence-corrected chi connectivity index (χ0v) is 14.8. The average molecular weight is 339 g/mol. The Kier molecular flexibility index (Phi) is 5.23. The molecule has 1 heterocycles. The Bertz CT molecular complexity index is 783. The second kappa shape index (κ2) is 7.55. The van der Waals surface area contributed by atoms with Gasteiger partial charge in [0.1, 0.15) is 5.01 Å². The zero-order chi connectivity index (χ0) is 16.9. The number of hydrogen-bond acceptors (Lipinski definition) is 4. The van der Waals surface area contributed by atoms with Crippen molar-refractivity contribution >= 4 is 27.5 Å². The monoisotopic (exact) mass is 339 g/mol. The first-order chi connectivity index (χ1) is 11.6. The van der Waals surface area contributed by atoms with Gasteiger partial charge in [0.25, 0.3) is 0 Å². The van der Waals surface area contributed by atoms with E-state index >= 15 is 0 Å². The van der Waals surface area contributed by atoms with Crippen LogP contribution in [0.3, 0.4) is 0 Å². The van der Waals surface area contributed by atoms with E-state index in [1.165, 1.54) is 5.56 Å². The number of rotatable bonds is 6. The van der Waals surface area contributed by atoms with E-state index in [0.29, 0.717) is 13.1 Å². The minimum atomic E-state index is 0.104. The molecule has 0 saturated carbocycles. The Morgan fingerprint density at radius 2 is 1.71 bits per heavy atom. The number of aromatic nitrogens is 1. The van der Waals surface area contributed by atoms with Crippen LogP contribution in [0.25, 0.3) is 10.2 Å². The van der Waals surface area contributed by atoms with E-state index in [-0.39, 0.29) is 5.91 Å². The summed E-state index contributed by atoms with van der Waals surface area (Å²) in [5.74, 6) is 0.104. The number of hydrogen-bond donors (Lipinski definition) is 0. The SMILES string of the molecule is CN(CC(=O)N(C)Cc1nc2ccccc2s1)Cc1ccccc1. The number of benzene rings is 2. The summed E-state index contributed by atoms with van der Waals surface area (Å²) in [6, 6.07) is 18.3. The van der Waals surface area contributed by atoms with Gasteiger partial charge in [-0.2, -0.15) is 0 Å². The fourth-order valence-corrected chi connectivity index (χ4v) is 3.60. The number of thiazole rings is 1. The van der Waals surface area contributed by atoms with E-state index in [2.05, 4.69) is 23.2 Å². The number of carbonyl (C=O) groups excluding carboxylic acids is 1. The van der Waals surface area contributed by atoms with E-state index in [1.54, 1.807) is 16.2 Å². The van der Waals surface area contributed by atoms with Crippen molar-refractivity contribution in [2.75, 3.05) is 20.6 Å². The molecule has 1 aromatic heterocycles. The summed E-state index contributed by atoms with van der Waals surface area (Å²) in [5, 5.41) is 0.970. The van der Waals surface area contributed by atoms with E-state index in [1.807, 2.05) is 55.4 Å². The first kappa shape index (κ1) is 16.6. The summed E-state index contributed by atoms with van der Waals surface area (Å²) in [6.07, 6.45) is 0. The molecule has 0 aliphatic heterocycles. The number of nitrogens with zero attached hydrogens (tertiary/aromatic N) is 3. The van der Waals surface area contributed by atoms with Gasteiger partial charge in [0.2, 0.25) is 5.91 Å². The van der Waals surface area contributed by atoms with Crippen LogP contribution in [0, 0.1) is 0 Å². The van der Waals surface area contributed by atoms with Gasteiger partial charge in [0, 0.05) is 13.6 Å². The van der Waals surface area contributed by atoms with Crippen molar-refractivity contribution in [2.24, 2.45) is 0 Å². The summed E-state index contributed by atoms with van der Waals surface area (Å²) in [6.45, 7) is 1.72. The minimum Gasteiger partial charge on any atom is -0.338 e. The second-order valence-electron chi connectivity index (χ2n) is 5.98. The van der Waals surface area contributed by atoms with Crippen molar-refractivity contribution in [3.63, 3.8) is 0 Å². The predicted molar refractivity (Wildman–Crippen MR) is 98.9 cm³/mol. The quantitative estimate of drug-likeness (QED) is 0.691. The lowest BCUT2D eigenvalue weighted by molar-refractivity contribution is -0.131. The van der Waals surface area contributed by atoms with Crippen molar-refractivity contribution in [1.82, 2.24) is 14.8 Å². The lowest BCUT2D eigenvalue weighted by Crippen LogP contribution is -2.36. The molecular weight excluding hydrogens is 318 g/mol. The highest BCUT2D eigenvalue weighted by atomic mass is 32.1. The molecule has 24 heavy (non-hydrogen) atoms. The van der Waals surface area contributed by atoms with Crippen molar-refractivity contribution < 1.29 is 4.79 Å². The van der Waals surface area contributed by atoms with Crippen LogP contribution in [0.2, 0.25) is 0 Å². The molecule has 0 spiro atoms. The first-order valence-corrected chi connectivity index (χ1v) is 8.74. The predicted octanol–water partition coefficient (Wildman–Crippen LogP) is 3.39. The summed E-state index contributed by atoms with van der Waals surface area (Å²) < 4.78 is 1.16. The Morgan fingerprint density at radius 3 is 2.46 bits per heavy atom. The third-order valence-electron chi connectivity index (χ3n) is 3.84. The van der Waals surface area contributed by atoms with Crippen molar-refractivity contribution in [1.29, 1.82) is 0 Å². The normalized spacial score (nSPS) is 11.1. The Hall–Kier alpha value is -2.24. The maximum absolute atomic E-state index is 12.4. The molecular formula is C19H21N3OS. The fraction of sp³-hybridized carbons (Fsp3) is 0.263. The number of likely N-dealkylation sites (N-methyl/N-ethyl adjacent to an activating group) is 2. The van der Waals surface area contributed by atoms with Crippen molar-refractivity contribution in [2.45, 2.75) is 13.1 Å². The summed E-state index contributed by atoms with van der Waals surface area (Å²) in [5.41, 5.74) is 2.21. The molecule has 0 atom stereocenters. The third kappa shape index (κ3) is 4.19. The molecule has 0 aliphatic rings. The zero-order valence-electron chi connectivity index (χ0n) is 14.0. The van der Waals surface area contributed by atoms with Crippen LogP contribution in [0.15, 0.2) is 54.6 Å². The van der Waals surface area contributed by atoms with Gasteiger partial charge in [-0.05, 0) is 24.7 Å². The van der Waals surface area contributed by atoms with E-state index < -0.39 is 0 Å². The first-order valence-electron chi connectivity index (χ1n) is 7.92. The van der Waals surface area contributed by atoms with Crippen LogP contribution in [0.4, 0.5) is 0 Å². The van der Waals surface area contributed by atoms with E-state index in [0.717, 1.165) is 21.8 Å². The standard InChI is InChI=1S/C19H21N3OS/c1-21(12-15-8-4-3-5-9-15)14-19(23)22(2)13-18-20-16-10-6-7-11-17(16)24-18/h3-11H,12-14H2,1-2H3. The van der Waals surface area contributed by atoms with Crippen molar-refractivity contribution in [3.05, 3.63) is 65.2 Å². The summed E-state index contributed by atoms with van der Waals surface area (Å²) in [4.78, 5) is 20.8. The summed E-state index contributed by atoms with van der Waals surface area (Å²) in [7, 11) is 3.81. The Balaban J connectivity index is 1.56. The Labute approximate surface area is 146 Å². The molecule has 0 saturated heterocycles. The van der Waals surface area contributed by atoms with Gasteiger partial charge in [0.15, 0.2) is 0 Å². The van der Waals surface area contributed by atoms with Gasteiger partial charge < -0.3 is 4.90 Å². The van der Waals surface area contributed by atoms with Crippen LogP contribution in [0.1, 0.15) is 10.6 Å². The van der Waals surface area contributed by atoms with Gasteiger partial charge in [-0.3, -0.25) is 9.69 Å². The molecule has 3 aromatic rings. The van der Waals surface area contributed by atoms with E-state index in [9.17, 15) is 4.79 Å². The number of carbonyl (C=O) groups is 1. The van der Waals surface area contributed by atoms with Gasteiger partial charge in [-0.15, -0.1) is 11.3 Å². The Morgan fingerprint density at radius 1 is 1.00 bits per heavy atom. The molecule has 0 aliphatic carbocycles. The maximum atomic E-state index is 12.4. The van der Waals surface area contributed by atoms with Crippen LogP contribution in [-0.4, -0.2) is 41.3 Å². The smallest absolute Gasteiger partial charge is 0.236 e. The van der Waals surface area contributed by atoms with Crippen LogP contribution in [-0.2, 0) is 17.9 Å². The average Bonchev–Trinajstić information content (AvgIpc) is 2.97. The topological polar surface area (TPSA) is 36.4 Å². The number of amides is 1. The molecule has 3 rings (SSSR count). The third-order valence-corrected chi connectivity index (χ3v) is 4.86. The minimum absolute atomic E-state index is 0.104. The van der Waals surface area contributed by atoms with Gasteiger partial charge in [-0.1, -0.05) is 42.5 Å². The molecule has 0 radical (unpaired) electrons. The highest BCUT2D eigenvalue weighted by molar-refractivity contribution is 7.18. The molecule has 2 aromatic carbocycles. The lowest BCUT2D eigenvalue weighted by Gasteiger charge is -2.21. The molecule has 5 heteroatoms. The second-order valence-corrected chi connectivity index (χ2v) is 7.10. The van der Waals surface area contributed by atoms with E-state index in [4.69, 9.17) is 0 Å².